The maximum Gasteiger partial charge on any atom is 0.267 e. The van der Waals surface area contributed by atoms with E-state index in [4.69, 9.17) is 10.2 Å². The second kappa shape index (κ2) is 11.3. The highest BCUT2D eigenvalue weighted by molar-refractivity contribution is 7.99. The van der Waals surface area contributed by atoms with Gasteiger partial charge in [-0.25, -0.2) is 4.98 Å². The van der Waals surface area contributed by atoms with Gasteiger partial charge in [-0.2, -0.15) is 5.26 Å². The van der Waals surface area contributed by atoms with Crippen LogP contribution in [0.25, 0.3) is 15.9 Å². The minimum Gasteiger partial charge on any atom is -0.337 e. The molecule has 0 N–H and O–H groups in total. The van der Waals surface area contributed by atoms with Gasteiger partial charge in [-0.15, -0.1) is 11.3 Å². The third-order valence-corrected chi connectivity index (χ3v) is 8.69. The van der Waals surface area contributed by atoms with E-state index in [0.29, 0.717) is 18.2 Å². The van der Waals surface area contributed by atoms with Crippen LogP contribution in [0.15, 0.2) is 58.7 Å². The molecule has 3 aromatic heterocycles. The monoisotopic (exact) mass is 529 g/mol. The van der Waals surface area contributed by atoms with E-state index in [9.17, 15) is 9.59 Å². The summed E-state index contributed by atoms with van der Waals surface area (Å²) in [6.45, 7) is 2.69. The zero-order chi connectivity index (χ0) is 25.8. The highest BCUT2D eigenvalue weighted by Gasteiger charge is 2.24. The number of fused-ring (bicyclic) bond motifs is 3. The molecule has 188 valence electrons. The summed E-state index contributed by atoms with van der Waals surface area (Å²) in [5.41, 5.74) is 3.74. The van der Waals surface area contributed by atoms with Crippen LogP contribution in [0.4, 0.5) is 0 Å². The Bertz CT molecular complexity index is 1540. The lowest BCUT2D eigenvalue weighted by Crippen LogP contribution is -2.33. The number of para-hydroxylation sites is 1. The molecular weight excluding hydrogens is 502 g/mol. The summed E-state index contributed by atoms with van der Waals surface area (Å²) in [7, 11) is 0. The minimum absolute atomic E-state index is 0.0645. The molecule has 0 radical (unpaired) electrons. The normalized spacial score (nSPS) is 12.8. The Kier molecular flexibility index (Phi) is 7.68. The molecular formula is C28H27N5O2S2. The van der Waals surface area contributed by atoms with E-state index in [1.807, 2.05) is 43.3 Å². The number of hydrogen-bond donors (Lipinski definition) is 0. The number of carbonyl (C=O) groups is 1. The Labute approximate surface area is 223 Å². The Morgan fingerprint density at radius 1 is 1.22 bits per heavy atom. The van der Waals surface area contributed by atoms with E-state index in [-0.39, 0.29) is 23.6 Å². The first kappa shape index (κ1) is 25.2. The SMILES string of the molecule is Cc1ccccc1-n1c(SCC(=O)N(CCC#N)Cc2cccnc2)nc2sc3c(c2c1=O)CCCC3. The van der Waals surface area contributed by atoms with Crippen molar-refractivity contribution in [3.8, 4) is 11.8 Å². The number of rotatable bonds is 8. The van der Waals surface area contributed by atoms with Gasteiger partial charge in [-0.3, -0.25) is 19.1 Å². The van der Waals surface area contributed by atoms with Crippen molar-refractivity contribution in [2.75, 3.05) is 12.3 Å². The lowest BCUT2D eigenvalue weighted by Gasteiger charge is -2.22. The maximum absolute atomic E-state index is 14.0. The van der Waals surface area contributed by atoms with Crippen LogP contribution in [-0.4, -0.2) is 37.6 Å². The molecule has 0 atom stereocenters. The molecule has 0 fully saturated rings. The molecule has 5 rings (SSSR count). The predicted molar refractivity (Wildman–Crippen MR) is 147 cm³/mol. The largest absolute Gasteiger partial charge is 0.337 e. The van der Waals surface area contributed by atoms with Crippen molar-refractivity contribution in [2.24, 2.45) is 0 Å². The van der Waals surface area contributed by atoms with Crippen molar-refractivity contribution in [2.45, 2.75) is 50.7 Å². The molecule has 0 saturated heterocycles. The van der Waals surface area contributed by atoms with Gasteiger partial charge in [0.25, 0.3) is 5.56 Å². The summed E-state index contributed by atoms with van der Waals surface area (Å²) in [4.78, 5) is 40.1. The Morgan fingerprint density at radius 3 is 2.84 bits per heavy atom. The molecule has 1 amide bonds. The van der Waals surface area contributed by atoms with Gasteiger partial charge in [0.2, 0.25) is 5.91 Å². The predicted octanol–water partition coefficient (Wildman–Crippen LogP) is 5.06. The van der Waals surface area contributed by atoms with E-state index in [1.54, 1.807) is 33.2 Å². The average Bonchev–Trinajstić information content (AvgIpc) is 3.29. The lowest BCUT2D eigenvalue weighted by molar-refractivity contribution is -0.128. The molecule has 4 aromatic rings. The fraction of sp³-hybridized carbons (Fsp3) is 0.321. The second-order valence-corrected chi connectivity index (χ2v) is 11.1. The number of nitriles is 1. The summed E-state index contributed by atoms with van der Waals surface area (Å²) < 4.78 is 1.68. The van der Waals surface area contributed by atoms with Gasteiger partial charge in [-0.05, 0) is 61.4 Å². The van der Waals surface area contributed by atoms with Crippen molar-refractivity contribution in [3.05, 3.63) is 80.7 Å². The van der Waals surface area contributed by atoms with Crippen molar-refractivity contribution < 1.29 is 4.79 Å². The summed E-state index contributed by atoms with van der Waals surface area (Å²) in [5, 5.41) is 10.3. The molecule has 1 aliphatic rings. The molecule has 9 heteroatoms. The number of thiophene rings is 1. The number of aryl methyl sites for hydroxylation is 3. The summed E-state index contributed by atoms with van der Waals surface area (Å²) in [6.07, 6.45) is 7.78. The van der Waals surface area contributed by atoms with E-state index < -0.39 is 0 Å². The van der Waals surface area contributed by atoms with Crippen LogP contribution in [0.2, 0.25) is 0 Å². The van der Waals surface area contributed by atoms with Gasteiger partial charge >= 0.3 is 0 Å². The molecule has 0 aliphatic heterocycles. The number of carbonyl (C=O) groups excluding carboxylic acids is 1. The van der Waals surface area contributed by atoms with Gasteiger partial charge in [0, 0.05) is 30.4 Å². The zero-order valence-electron chi connectivity index (χ0n) is 20.6. The van der Waals surface area contributed by atoms with Crippen molar-refractivity contribution >= 4 is 39.2 Å². The topological polar surface area (TPSA) is 91.9 Å². The number of hydrogen-bond acceptors (Lipinski definition) is 7. The zero-order valence-corrected chi connectivity index (χ0v) is 22.3. The van der Waals surface area contributed by atoms with Crippen molar-refractivity contribution in [3.63, 3.8) is 0 Å². The molecule has 1 aliphatic carbocycles. The first-order valence-corrected chi connectivity index (χ1v) is 14.2. The number of pyridine rings is 1. The highest BCUT2D eigenvalue weighted by Crippen LogP contribution is 2.35. The summed E-state index contributed by atoms with van der Waals surface area (Å²) >= 11 is 2.89. The summed E-state index contributed by atoms with van der Waals surface area (Å²) in [6, 6.07) is 13.6. The average molecular weight is 530 g/mol. The highest BCUT2D eigenvalue weighted by atomic mass is 32.2. The fourth-order valence-electron chi connectivity index (χ4n) is 4.72. The third kappa shape index (κ3) is 5.31. The number of nitrogens with zero attached hydrogens (tertiary/aromatic N) is 5. The summed E-state index contributed by atoms with van der Waals surface area (Å²) in [5.74, 6) is 0.000841. The van der Waals surface area contributed by atoms with Crippen molar-refractivity contribution in [1.82, 2.24) is 19.4 Å². The first-order chi connectivity index (χ1) is 18.1. The van der Waals surface area contributed by atoms with Gasteiger partial charge in [0.15, 0.2) is 5.16 Å². The maximum atomic E-state index is 14.0. The molecule has 3 heterocycles. The molecule has 7 nitrogen and oxygen atoms in total. The number of amides is 1. The van der Waals surface area contributed by atoms with Gasteiger partial charge < -0.3 is 4.90 Å². The van der Waals surface area contributed by atoms with E-state index in [2.05, 4.69) is 11.1 Å². The molecule has 37 heavy (non-hydrogen) atoms. The molecule has 0 unspecified atom stereocenters. The third-order valence-electron chi connectivity index (χ3n) is 6.58. The smallest absolute Gasteiger partial charge is 0.267 e. The van der Waals surface area contributed by atoms with Gasteiger partial charge in [0.05, 0.1) is 29.3 Å². The van der Waals surface area contributed by atoms with E-state index >= 15 is 0 Å². The number of aromatic nitrogens is 3. The lowest BCUT2D eigenvalue weighted by atomic mass is 9.97. The van der Waals surface area contributed by atoms with Crippen LogP contribution < -0.4 is 5.56 Å². The van der Waals surface area contributed by atoms with Crippen LogP contribution in [0.5, 0.6) is 0 Å². The van der Waals surface area contributed by atoms with Crippen LogP contribution in [0, 0.1) is 18.3 Å². The van der Waals surface area contributed by atoms with Crippen LogP contribution >= 0.6 is 23.1 Å². The van der Waals surface area contributed by atoms with E-state index in [1.165, 1.54) is 16.6 Å². The standard InChI is InChI=1S/C28H27N5O2S2/c1-19-8-2-4-11-22(19)33-27(35)25-21-10-3-5-12-23(21)37-26(25)31-28(33)36-18-24(34)32(15-7-13-29)17-20-9-6-14-30-16-20/h2,4,6,8-9,11,14,16H,3,5,7,10,12,15,17-18H2,1H3. The Balaban J connectivity index is 1.50. The Morgan fingerprint density at radius 2 is 2.05 bits per heavy atom. The van der Waals surface area contributed by atoms with Crippen molar-refractivity contribution in [1.29, 1.82) is 5.26 Å². The molecule has 0 saturated carbocycles. The first-order valence-electron chi connectivity index (χ1n) is 12.4. The minimum atomic E-state index is -0.111. The van der Waals surface area contributed by atoms with Crippen LogP contribution in [-0.2, 0) is 24.2 Å². The van der Waals surface area contributed by atoms with E-state index in [0.717, 1.165) is 58.3 Å². The Hall–Kier alpha value is -3.48. The molecule has 1 aromatic carbocycles. The van der Waals surface area contributed by atoms with Gasteiger partial charge in [-0.1, -0.05) is 36.0 Å². The fourth-order valence-corrected chi connectivity index (χ4v) is 6.93. The quantitative estimate of drug-likeness (QED) is 0.234. The van der Waals surface area contributed by atoms with Gasteiger partial charge in [0.1, 0.15) is 4.83 Å². The molecule has 0 spiro atoms. The molecule has 0 bridgehead atoms. The van der Waals surface area contributed by atoms with Crippen LogP contribution in [0.1, 0.15) is 40.8 Å². The number of thioether (sulfide) groups is 1. The van der Waals surface area contributed by atoms with Crippen LogP contribution in [0.3, 0.4) is 0 Å². The second-order valence-electron chi connectivity index (χ2n) is 9.09. The number of benzene rings is 1.